The van der Waals surface area contributed by atoms with Gasteiger partial charge in [0, 0.05) is 25.0 Å². The predicted octanol–water partition coefficient (Wildman–Crippen LogP) is 3.58. The minimum Gasteiger partial charge on any atom is -0.481 e. The minimum atomic E-state index is -0.945. The maximum atomic E-state index is 11.9. The zero-order chi connectivity index (χ0) is 19.2. The highest BCUT2D eigenvalue weighted by atomic mass is 16.5. The van der Waals surface area contributed by atoms with Crippen molar-refractivity contribution in [3.8, 4) is 0 Å². The van der Waals surface area contributed by atoms with Gasteiger partial charge in [-0.3, -0.25) is 9.59 Å². The molecule has 144 valence electrons. The summed E-state index contributed by atoms with van der Waals surface area (Å²) in [5.74, 6) is -1.14. The van der Waals surface area contributed by atoms with E-state index in [4.69, 9.17) is 9.84 Å². The summed E-state index contributed by atoms with van der Waals surface area (Å²) >= 11 is 0. The number of carboxylic acid groups (broad SMARTS) is 1. The van der Waals surface area contributed by atoms with Crippen molar-refractivity contribution in [1.29, 1.82) is 0 Å². The van der Waals surface area contributed by atoms with Gasteiger partial charge in [-0.15, -0.1) is 0 Å². The van der Waals surface area contributed by atoms with Crippen molar-refractivity contribution in [2.45, 2.75) is 70.3 Å². The van der Waals surface area contributed by atoms with E-state index in [0.29, 0.717) is 13.2 Å². The normalized spacial score (nSPS) is 25.7. The molecule has 1 heterocycles. The highest BCUT2D eigenvalue weighted by Crippen LogP contribution is 2.45. The smallest absolute Gasteiger partial charge is 0.303 e. The molecule has 0 aliphatic carbocycles. The van der Waals surface area contributed by atoms with Crippen LogP contribution in [0.3, 0.4) is 0 Å². The van der Waals surface area contributed by atoms with Crippen LogP contribution in [0.1, 0.15) is 63.5 Å². The lowest BCUT2D eigenvalue weighted by molar-refractivity contribution is -0.138. The molecule has 0 unspecified atom stereocenters. The molecular formula is C21H31NO4. The van der Waals surface area contributed by atoms with Gasteiger partial charge in [0.25, 0.3) is 0 Å². The van der Waals surface area contributed by atoms with Crippen molar-refractivity contribution in [3.63, 3.8) is 0 Å². The van der Waals surface area contributed by atoms with Crippen molar-refractivity contribution in [1.82, 2.24) is 5.32 Å². The van der Waals surface area contributed by atoms with Crippen LogP contribution in [-0.4, -0.2) is 35.7 Å². The van der Waals surface area contributed by atoms with Gasteiger partial charge in [0.05, 0.1) is 12.0 Å². The van der Waals surface area contributed by atoms with Gasteiger partial charge in [-0.1, -0.05) is 36.8 Å². The lowest BCUT2D eigenvalue weighted by Gasteiger charge is -2.47. The second-order valence-corrected chi connectivity index (χ2v) is 7.72. The summed E-state index contributed by atoms with van der Waals surface area (Å²) < 4.78 is 6.05. The van der Waals surface area contributed by atoms with E-state index in [0.717, 1.165) is 25.7 Å². The summed E-state index contributed by atoms with van der Waals surface area (Å²) in [7, 11) is 0. The van der Waals surface area contributed by atoms with E-state index in [9.17, 15) is 9.59 Å². The number of aryl methyl sites for hydroxylation is 1. The highest BCUT2D eigenvalue weighted by Gasteiger charge is 2.43. The molecule has 2 atom stereocenters. The first-order valence-corrected chi connectivity index (χ1v) is 9.48. The van der Waals surface area contributed by atoms with Crippen LogP contribution in [0.4, 0.5) is 0 Å². The number of amides is 1. The summed E-state index contributed by atoms with van der Waals surface area (Å²) in [4.78, 5) is 22.5. The van der Waals surface area contributed by atoms with Gasteiger partial charge in [0.1, 0.15) is 0 Å². The monoisotopic (exact) mass is 361 g/mol. The summed E-state index contributed by atoms with van der Waals surface area (Å²) in [6.45, 7) is 7.66. The Bertz CT molecular complexity index is 627. The van der Waals surface area contributed by atoms with Crippen LogP contribution in [0.2, 0.25) is 0 Å². The number of ether oxygens (including phenoxy) is 1. The van der Waals surface area contributed by atoms with Crippen LogP contribution in [0.5, 0.6) is 0 Å². The maximum Gasteiger partial charge on any atom is 0.303 e. The van der Waals surface area contributed by atoms with E-state index < -0.39 is 5.97 Å². The molecule has 2 N–H and O–H groups in total. The lowest BCUT2D eigenvalue weighted by Crippen LogP contribution is -2.47. The molecule has 0 saturated carbocycles. The van der Waals surface area contributed by atoms with Crippen LogP contribution < -0.4 is 5.32 Å². The predicted molar refractivity (Wildman–Crippen MR) is 101 cm³/mol. The fourth-order valence-electron chi connectivity index (χ4n) is 3.84. The van der Waals surface area contributed by atoms with E-state index in [2.05, 4.69) is 50.4 Å². The molecule has 0 bridgehead atoms. The Morgan fingerprint density at radius 1 is 1.23 bits per heavy atom. The van der Waals surface area contributed by atoms with Gasteiger partial charge >= 0.3 is 5.97 Å². The van der Waals surface area contributed by atoms with Gasteiger partial charge in [-0.05, 0) is 45.1 Å². The van der Waals surface area contributed by atoms with Gasteiger partial charge < -0.3 is 15.2 Å². The van der Waals surface area contributed by atoms with Crippen molar-refractivity contribution >= 4 is 11.9 Å². The van der Waals surface area contributed by atoms with Gasteiger partial charge in [0.2, 0.25) is 5.91 Å². The molecule has 5 heteroatoms. The Hall–Kier alpha value is -1.88. The Morgan fingerprint density at radius 3 is 2.54 bits per heavy atom. The quantitative estimate of drug-likeness (QED) is 0.742. The maximum absolute atomic E-state index is 11.9. The first-order valence-electron chi connectivity index (χ1n) is 9.48. The second-order valence-electron chi connectivity index (χ2n) is 7.72. The highest BCUT2D eigenvalue weighted by molar-refractivity contribution is 5.80. The zero-order valence-electron chi connectivity index (χ0n) is 16.1. The number of rotatable bonds is 8. The molecule has 5 nitrogen and oxygen atoms in total. The van der Waals surface area contributed by atoms with Crippen LogP contribution in [0.15, 0.2) is 24.3 Å². The Balaban J connectivity index is 2.10. The fourth-order valence-corrected chi connectivity index (χ4v) is 3.84. The molecule has 1 fully saturated rings. The average Bonchev–Trinajstić information content (AvgIpc) is 2.60. The molecule has 1 aliphatic rings. The van der Waals surface area contributed by atoms with E-state index in [1.54, 1.807) is 0 Å². The number of nitrogens with one attached hydrogen (secondary N) is 1. The number of aliphatic carboxylic acids is 1. The summed E-state index contributed by atoms with van der Waals surface area (Å²) in [6.07, 6.45) is 3.53. The molecule has 0 aromatic heterocycles. The Labute approximate surface area is 156 Å². The zero-order valence-corrected chi connectivity index (χ0v) is 16.1. The third kappa shape index (κ3) is 5.31. The molecule has 1 aromatic carbocycles. The van der Waals surface area contributed by atoms with E-state index >= 15 is 0 Å². The van der Waals surface area contributed by atoms with Crippen LogP contribution in [0.25, 0.3) is 0 Å². The number of carbonyl (C=O) groups is 2. The number of hydrogen-bond donors (Lipinski definition) is 2. The Kier molecular flexibility index (Phi) is 6.81. The minimum absolute atomic E-state index is 0.0304. The summed E-state index contributed by atoms with van der Waals surface area (Å²) in [6, 6.07) is 8.68. The van der Waals surface area contributed by atoms with Crippen molar-refractivity contribution in [2.75, 3.05) is 13.2 Å². The van der Waals surface area contributed by atoms with Gasteiger partial charge in [-0.25, -0.2) is 0 Å². The lowest BCUT2D eigenvalue weighted by atomic mass is 9.66. The largest absolute Gasteiger partial charge is 0.481 e. The second kappa shape index (κ2) is 8.67. The number of carboxylic acids is 1. The summed E-state index contributed by atoms with van der Waals surface area (Å²) in [5.41, 5.74) is 2.34. The first kappa shape index (κ1) is 20.4. The fraction of sp³-hybridized carbons (Fsp3) is 0.619. The van der Waals surface area contributed by atoms with Crippen molar-refractivity contribution < 1.29 is 19.4 Å². The third-order valence-corrected chi connectivity index (χ3v) is 5.65. The molecular weight excluding hydrogens is 330 g/mol. The average molecular weight is 361 g/mol. The summed E-state index contributed by atoms with van der Waals surface area (Å²) in [5, 5.41) is 11.6. The number of hydrogen-bond acceptors (Lipinski definition) is 3. The van der Waals surface area contributed by atoms with E-state index in [-0.39, 0.29) is 29.8 Å². The molecule has 1 amide bonds. The van der Waals surface area contributed by atoms with Crippen LogP contribution in [0, 0.1) is 6.92 Å². The molecule has 2 rings (SSSR count). The molecule has 0 radical (unpaired) electrons. The third-order valence-electron chi connectivity index (χ3n) is 5.65. The molecule has 1 aliphatic heterocycles. The van der Waals surface area contributed by atoms with Crippen molar-refractivity contribution in [3.05, 3.63) is 35.4 Å². The Morgan fingerprint density at radius 2 is 1.92 bits per heavy atom. The molecule has 1 aromatic rings. The van der Waals surface area contributed by atoms with Crippen molar-refractivity contribution in [2.24, 2.45) is 0 Å². The van der Waals surface area contributed by atoms with E-state index in [1.807, 2.05) is 0 Å². The van der Waals surface area contributed by atoms with Crippen LogP contribution in [-0.2, 0) is 19.7 Å². The standard InChI is InChI=1S/C21H31NO4/c1-4-20(3)15-21(12-14-26-20,17-7-5-16(2)6-8-17)11-13-22-18(23)9-10-19(24)25/h5-8H,4,9-15H2,1-3H3,(H,22,23)(H,24,25)/t20-,21+/m0/s1. The molecule has 0 spiro atoms. The van der Waals surface area contributed by atoms with Gasteiger partial charge in [0.15, 0.2) is 0 Å². The van der Waals surface area contributed by atoms with Gasteiger partial charge in [-0.2, -0.15) is 0 Å². The number of benzene rings is 1. The first-order chi connectivity index (χ1) is 12.3. The number of carbonyl (C=O) groups excluding carboxylic acids is 1. The van der Waals surface area contributed by atoms with E-state index in [1.165, 1.54) is 11.1 Å². The molecule has 1 saturated heterocycles. The molecule has 26 heavy (non-hydrogen) atoms. The SMILES string of the molecule is CC[C@@]1(C)C[C@](CCNC(=O)CCC(=O)O)(c2ccc(C)cc2)CCO1. The van der Waals surface area contributed by atoms with Crippen LogP contribution >= 0.6 is 0 Å². The topological polar surface area (TPSA) is 75.6 Å².